The van der Waals surface area contributed by atoms with Crippen molar-refractivity contribution < 1.29 is 28.4 Å². The first-order chi connectivity index (χ1) is 11.3. The molecule has 1 N–H and O–H groups in total. The van der Waals surface area contributed by atoms with Crippen molar-refractivity contribution >= 4 is 34.8 Å². The van der Waals surface area contributed by atoms with Gasteiger partial charge in [0.25, 0.3) is 11.1 Å². The maximum absolute atomic E-state index is 12.0. The maximum Gasteiger partial charge on any atom is 0.344 e. The zero-order valence-corrected chi connectivity index (χ0v) is 14.3. The first kappa shape index (κ1) is 18.0. The van der Waals surface area contributed by atoms with Crippen molar-refractivity contribution in [2.45, 2.75) is 26.9 Å². The molecule has 0 aromatic carbocycles. The molecule has 3 amide bonds. The van der Waals surface area contributed by atoms with Crippen molar-refractivity contribution in [3.63, 3.8) is 0 Å². The van der Waals surface area contributed by atoms with Gasteiger partial charge in [-0.3, -0.25) is 19.3 Å². The number of ether oxygens (including phenoxy) is 1. The molecule has 2 rings (SSSR count). The Labute approximate surface area is 142 Å². The molecule has 2 heterocycles. The molecule has 0 radical (unpaired) electrons. The van der Waals surface area contributed by atoms with Crippen molar-refractivity contribution in [1.29, 1.82) is 0 Å². The number of nitrogens with one attached hydrogen (secondary N) is 1. The third kappa shape index (κ3) is 3.94. The van der Waals surface area contributed by atoms with Gasteiger partial charge in [-0.1, -0.05) is 16.9 Å². The standard InChI is InChI=1S/C14H17N3O6S/c1-7-11(8(2)23-16-7)13(20)22-9(3)12(19)15-4-5-17-10(18)6-24-14(17)21/h9H,4-6H2,1-3H3,(H,15,19)/t9-/m0/s1. The lowest BCUT2D eigenvalue weighted by atomic mass is 10.2. The highest BCUT2D eigenvalue weighted by molar-refractivity contribution is 8.14. The fourth-order valence-electron chi connectivity index (χ4n) is 2.08. The lowest BCUT2D eigenvalue weighted by Crippen LogP contribution is -2.41. The average molecular weight is 355 g/mol. The monoisotopic (exact) mass is 355 g/mol. The van der Waals surface area contributed by atoms with E-state index in [1.807, 2.05) is 0 Å². The van der Waals surface area contributed by atoms with Gasteiger partial charge >= 0.3 is 5.97 Å². The number of esters is 1. The predicted molar refractivity (Wildman–Crippen MR) is 83.4 cm³/mol. The molecule has 1 aliphatic heterocycles. The SMILES string of the molecule is Cc1noc(C)c1C(=O)O[C@@H](C)C(=O)NCCN1C(=O)CSC1=O. The zero-order valence-electron chi connectivity index (χ0n) is 13.5. The van der Waals surface area contributed by atoms with Crippen LogP contribution in [0.15, 0.2) is 4.52 Å². The van der Waals surface area contributed by atoms with Crippen molar-refractivity contribution in [3.05, 3.63) is 17.0 Å². The van der Waals surface area contributed by atoms with Crippen LogP contribution in [0.1, 0.15) is 28.7 Å². The Morgan fingerprint density at radius 2 is 2.12 bits per heavy atom. The second kappa shape index (κ2) is 7.47. The van der Waals surface area contributed by atoms with Gasteiger partial charge in [0.2, 0.25) is 5.91 Å². The summed E-state index contributed by atoms with van der Waals surface area (Å²) in [4.78, 5) is 47.9. The molecule has 1 fully saturated rings. The molecular formula is C14H17N3O6S. The highest BCUT2D eigenvalue weighted by Gasteiger charge is 2.29. The minimum Gasteiger partial charge on any atom is -0.449 e. The number of hydrogen-bond acceptors (Lipinski definition) is 8. The molecule has 24 heavy (non-hydrogen) atoms. The number of nitrogens with zero attached hydrogens (tertiary/aromatic N) is 2. The van der Waals surface area contributed by atoms with E-state index < -0.39 is 18.0 Å². The molecule has 0 saturated carbocycles. The van der Waals surface area contributed by atoms with Gasteiger partial charge in [0.15, 0.2) is 6.10 Å². The summed E-state index contributed by atoms with van der Waals surface area (Å²) in [5.74, 6) is -1.07. The Kier molecular flexibility index (Phi) is 5.60. The van der Waals surface area contributed by atoms with E-state index in [-0.39, 0.29) is 35.6 Å². The summed E-state index contributed by atoms with van der Waals surface area (Å²) < 4.78 is 9.96. The first-order valence-corrected chi connectivity index (χ1v) is 8.18. The van der Waals surface area contributed by atoms with E-state index in [9.17, 15) is 19.2 Å². The number of thioether (sulfide) groups is 1. The van der Waals surface area contributed by atoms with Crippen LogP contribution in [-0.4, -0.2) is 58.0 Å². The van der Waals surface area contributed by atoms with Crippen LogP contribution in [0.5, 0.6) is 0 Å². The van der Waals surface area contributed by atoms with Crippen LogP contribution in [0.2, 0.25) is 0 Å². The molecular weight excluding hydrogens is 338 g/mol. The van der Waals surface area contributed by atoms with E-state index in [1.54, 1.807) is 13.8 Å². The van der Waals surface area contributed by atoms with Gasteiger partial charge in [-0.25, -0.2) is 4.79 Å². The van der Waals surface area contributed by atoms with Crippen LogP contribution in [0.25, 0.3) is 0 Å². The summed E-state index contributed by atoms with van der Waals surface area (Å²) in [5, 5.41) is 5.84. The lowest BCUT2D eigenvalue weighted by molar-refractivity contribution is -0.130. The number of imide groups is 1. The third-order valence-corrected chi connectivity index (χ3v) is 4.22. The minimum absolute atomic E-state index is 0.0843. The number of aryl methyl sites for hydroxylation is 2. The van der Waals surface area contributed by atoms with Gasteiger partial charge in [-0.05, 0) is 20.8 Å². The highest BCUT2D eigenvalue weighted by Crippen LogP contribution is 2.17. The van der Waals surface area contributed by atoms with Gasteiger partial charge in [-0.2, -0.15) is 0 Å². The van der Waals surface area contributed by atoms with Crippen molar-refractivity contribution in [2.75, 3.05) is 18.8 Å². The highest BCUT2D eigenvalue weighted by atomic mass is 32.2. The van der Waals surface area contributed by atoms with Crippen LogP contribution in [0.4, 0.5) is 4.79 Å². The summed E-state index contributed by atoms with van der Waals surface area (Å²) in [7, 11) is 0. The minimum atomic E-state index is -1.04. The smallest absolute Gasteiger partial charge is 0.344 e. The molecule has 1 aliphatic rings. The summed E-state index contributed by atoms with van der Waals surface area (Å²) in [6.07, 6.45) is -1.04. The largest absolute Gasteiger partial charge is 0.449 e. The van der Waals surface area contributed by atoms with Gasteiger partial charge in [0.05, 0.1) is 11.4 Å². The predicted octanol–water partition coefficient (Wildman–Crippen LogP) is 0.648. The van der Waals surface area contributed by atoms with E-state index >= 15 is 0 Å². The number of carbonyl (C=O) groups is 4. The van der Waals surface area contributed by atoms with Crippen LogP contribution in [0.3, 0.4) is 0 Å². The molecule has 1 aromatic rings. The quantitative estimate of drug-likeness (QED) is 0.739. The topological polar surface area (TPSA) is 119 Å². The molecule has 0 bridgehead atoms. The number of rotatable bonds is 6. The van der Waals surface area contributed by atoms with E-state index in [0.29, 0.717) is 11.5 Å². The Balaban J connectivity index is 1.81. The molecule has 1 saturated heterocycles. The fraction of sp³-hybridized carbons (Fsp3) is 0.500. The van der Waals surface area contributed by atoms with E-state index in [0.717, 1.165) is 16.7 Å². The molecule has 130 valence electrons. The van der Waals surface area contributed by atoms with E-state index in [2.05, 4.69) is 10.5 Å². The number of carbonyl (C=O) groups excluding carboxylic acids is 4. The second-order valence-electron chi connectivity index (χ2n) is 5.14. The molecule has 0 aliphatic carbocycles. The number of aromatic nitrogens is 1. The van der Waals surface area contributed by atoms with Crippen molar-refractivity contribution in [2.24, 2.45) is 0 Å². The summed E-state index contributed by atoms with van der Waals surface area (Å²) in [6.45, 7) is 4.77. The molecule has 1 aromatic heterocycles. The molecule has 1 atom stereocenters. The Bertz CT molecular complexity index is 651. The van der Waals surface area contributed by atoms with Crippen LogP contribution in [0, 0.1) is 13.8 Å². The Morgan fingerprint density at radius 3 is 2.67 bits per heavy atom. The Morgan fingerprint density at radius 1 is 1.42 bits per heavy atom. The van der Waals surface area contributed by atoms with Crippen molar-refractivity contribution in [1.82, 2.24) is 15.4 Å². The average Bonchev–Trinajstić information content (AvgIpc) is 3.02. The number of amides is 3. The van der Waals surface area contributed by atoms with Crippen LogP contribution < -0.4 is 5.32 Å². The third-order valence-electron chi connectivity index (χ3n) is 3.37. The summed E-state index contributed by atoms with van der Waals surface area (Å²) in [5.41, 5.74) is 0.577. The number of hydrogen-bond donors (Lipinski definition) is 1. The zero-order chi connectivity index (χ0) is 17.9. The van der Waals surface area contributed by atoms with Gasteiger partial charge < -0.3 is 14.6 Å². The second-order valence-corrected chi connectivity index (χ2v) is 6.06. The molecule has 0 unspecified atom stereocenters. The van der Waals surface area contributed by atoms with Crippen LogP contribution in [-0.2, 0) is 14.3 Å². The summed E-state index contributed by atoms with van der Waals surface area (Å²) in [6, 6.07) is 0. The molecule has 0 spiro atoms. The molecule has 9 nitrogen and oxygen atoms in total. The fourth-order valence-corrected chi connectivity index (χ4v) is 2.83. The van der Waals surface area contributed by atoms with Gasteiger partial charge in [0, 0.05) is 13.1 Å². The molecule has 10 heteroatoms. The summed E-state index contributed by atoms with van der Waals surface area (Å²) >= 11 is 0.929. The maximum atomic E-state index is 12.0. The first-order valence-electron chi connectivity index (χ1n) is 7.20. The normalized spacial score (nSPS) is 15.5. The Hall–Kier alpha value is -2.36. The van der Waals surface area contributed by atoms with E-state index in [4.69, 9.17) is 9.26 Å². The van der Waals surface area contributed by atoms with Gasteiger partial charge in [0.1, 0.15) is 11.3 Å². The van der Waals surface area contributed by atoms with Gasteiger partial charge in [-0.15, -0.1) is 0 Å². The van der Waals surface area contributed by atoms with Crippen molar-refractivity contribution in [3.8, 4) is 0 Å². The van der Waals surface area contributed by atoms with Crippen LogP contribution >= 0.6 is 11.8 Å². The van der Waals surface area contributed by atoms with E-state index in [1.165, 1.54) is 6.92 Å². The lowest BCUT2D eigenvalue weighted by Gasteiger charge is -2.16.